The van der Waals surface area contributed by atoms with Crippen molar-refractivity contribution in [3.05, 3.63) is 0 Å². The molecule has 2 N–H and O–H groups in total. The van der Waals surface area contributed by atoms with Crippen LogP contribution in [0.25, 0.3) is 0 Å². The molecule has 0 aromatic carbocycles. The fraction of sp³-hybridized carbons (Fsp3) is 1.00. The minimum Gasteiger partial charge on any atom is -0.412 e. The van der Waals surface area contributed by atoms with Gasteiger partial charge < -0.3 is 5.48 Å². The molecule has 0 atom stereocenters. The molecule has 0 aromatic heterocycles. The van der Waals surface area contributed by atoms with Crippen molar-refractivity contribution in [2.45, 2.75) is 32.3 Å². The Morgan fingerprint density at radius 1 is 0.467 bits per heavy atom. The second-order valence-electron chi connectivity index (χ2n) is 2.67. The topological polar surface area (TPSA) is 31.5 Å². The fourth-order valence-corrected chi connectivity index (χ4v) is 3.38. The maximum Gasteiger partial charge on any atom is 0.0693 e. The monoisotopic (exact) mass is 398 g/mol. The van der Waals surface area contributed by atoms with E-state index in [9.17, 15) is 0 Å². The van der Waals surface area contributed by atoms with E-state index in [2.05, 4.69) is 0 Å². The third-order valence-corrected chi connectivity index (χ3v) is 5.86. The number of rotatable bonds is 0. The molecule has 0 saturated heterocycles. The zero-order chi connectivity index (χ0) is 9.46. The van der Waals surface area contributed by atoms with Crippen LogP contribution in [0.1, 0.15) is 0 Å². The van der Waals surface area contributed by atoms with Crippen LogP contribution < -0.4 is 0 Å². The summed E-state index contributed by atoms with van der Waals surface area (Å²) in [6, 6.07) is 0. The Hall–Kier alpha value is 2.51. The number of hydrogen-bond donors (Lipinski definition) is 0. The van der Waals surface area contributed by atoms with Crippen LogP contribution in [0, 0.1) is 0 Å². The summed E-state index contributed by atoms with van der Waals surface area (Å²) in [6.45, 7) is 0. The fourth-order valence-electron chi connectivity index (χ4n) is 1.05. The van der Waals surface area contributed by atoms with Gasteiger partial charge in [0.2, 0.25) is 0 Å². The molecular formula is C6H9Cl7FeO. The molecule has 0 aliphatic heterocycles. The Bertz CT molecular complexity index is 115. The molecule has 1 nitrogen and oxygen atoms in total. The quantitative estimate of drug-likeness (QED) is 0.441. The van der Waals surface area contributed by atoms with Gasteiger partial charge in [-0.25, -0.2) is 0 Å². The van der Waals surface area contributed by atoms with Crippen molar-refractivity contribution in [1.82, 2.24) is 0 Å². The van der Waals surface area contributed by atoms with Crippen LogP contribution in [-0.4, -0.2) is 37.7 Å². The molecule has 0 radical (unpaired) electrons. The summed E-state index contributed by atoms with van der Waals surface area (Å²) in [5, 5.41) is -2.62. The van der Waals surface area contributed by atoms with Crippen LogP contribution in [0.5, 0.6) is 0 Å². The maximum absolute atomic E-state index is 5.88. The average molecular weight is 401 g/mol. The SMILES string of the molecule is Cl.Cl[C@H]1[C@H](Cl)[C@@H](Cl)[C@@H](Cl)[C@H](Cl)[C@H]1Cl.O.[Fe]. The summed E-state index contributed by atoms with van der Waals surface area (Å²) in [4.78, 5) is 0. The molecular weight excluding hydrogens is 392 g/mol. The Morgan fingerprint density at radius 3 is 0.600 bits per heavy atom. The molecule has 0 spiro atoms. The molecule has 96 valence electrons. The van der Waals surface area contributed by atoms with Crippen molar-refractivity contribution in [3.8, 4) is 0 Å². The first-order valence-electron chi connectivity index (χ1n) is 3.31. The third kappa shape index (κ3) is 4.95. The molecule has 0 aromatic rings. The van der Waals surface area contributed by atoms with Gasteiger partial charge in [0.05, 0.1) is 32.3 Å². The van der Waals surface area contributed by atoms with Gasteiger partial charge in [-0.05, 0) is 0 Å². The van der Waals surface area contributed by atoms with E-state index >= 15 is 0 Å². The average Bonchev–Trinajstić information content (AvgIpc) is 2.08. The van der Waals surface area contributed by atoms with Crippen LogP contribution in [0.3, 0.4) is 0 Å². The van der Waals surface area contributed by atoms with E-state index in [0.717, 1.165) is 0 Å². The van der Waals surface area contributed by atoms with E-state index in [1.165, 1.54) is 0 Å². The Labute approximate surface area is 136 Å². The molecule has 0 unspecified atom stereocenters. The standard InChI is InChI=1S/C6H6Cl6.ClH.Fe.H2O/c7-1-2(8)4(10)6(12)5(11)3(1)9;;;/h1-6H;1H;;1H2/t1-,2-,3-,4+,5+,6+;;;. The summed E-state index contributed by atoms with van der Waals surface area (Å²) in [6.07, 6.45) is 0. The molecule has 1 rings (SSSR count). The Kier molecular flexibility index (Phi) is 14.3. The summed E-state index contributed by atoms with van der Waals surface area (Å²) < 4.78 is 0. The van der Waals surface area contributed by atoms with Crippen molar-refractivity contribution >= 4 is 82.0 Å². The Morgan fingerprint density at radius 2 is 0.533 bits per heavy atom. The van der Waals surface area contributed by atoms with Gasteiger partial charge in [-0.15, -0.1) is 82.0 Å². The minimum atomic E-state index is -0.437. The number of hydrogen-bond acceptors (Lipinski definition) is 0. The Balaban J connectivity index is -0.000000480. The van der Waals surface area contributed by atoms with E-state index < -0.39 is 32.3 Å². The molecule has 0 bridgehead atoms. The van der Waals surface area contributed by atoms with Gasteiger partial charge in [-0.1, -0.05) is 0 Å². The van der Waals surface area contributed by atoms with Crippen molar-refractivity contribution in [2.24, 2.45) is 0 Å². The van der Waals surface area contributed by atoms with Crippen molar-refractivity contribution in [3.63, 3.8) is 0 Å². The maximum atomic E-state index is 5.88. The summed E-state index contributed by atoms with van der Waals surface area (Å²) in [5.41, 5.74) is 0. The second kappa shape index (κ2) is 9.44. The van der Waals surface area contributed by atoms with Crippen LogP contribution in [0.4, 0.5) is 0 Å². The van der Waals surface area contributed by atoms with Crippen LogP contribution in [0.2, 0.25) is 0 Å². The molecule has 1 aliphatic carbocycles. The molecule has 1 aliphatic rings. The van der Waals surface area contributed by atoms with Crippen LogP contribution in [0.15, 0.2) is 0 Å². The predicted octanol–water partition coefficient (Wildman–Crippen LogP) is 3.24. The zero-order valence-electron chi connectivity index (χ0n) is 6.99. The van der Waals surface area contributed by atoms with Crippen LogP contribution >= 0.6 is 82.0 Å². The summed E-state index contributed by atoms with van der Waals surface area (Å²) in [5.74, 6) is 0. The van der Waals surface area contributed by atoms with Crippen molar-refractivity contribution in [1.29, 1.82) is 0 Å². The molecule has 15 heavy (non-hydrogen) atoms. The molecule has 9 heteroatoms. The van der Waals surface area contributed by atoms with E-state index in [4.69, 9.17) is 69.6 Å². The van der Waals surface area contributed by atoms with Gasteiger partial charge in [-0.2, -0.15) is 0 Å². The van der Waals surface area contributed by atoms with E-state index in [-0.39, 0.29) is 35.0 Å². The number of halogens is 7. The van der Waals surface area contributed by atoms with Gasteiger partial charge in [0.1, 0.15) is 0 Å². The molecule has 0 amide bonds. The molecule has 1 fully saturated rings. The summed E-state index contributed by atoms with van der Waals surface area (Å²) >= 11 is 35.3. The number of alkyl halides is 6. The first kappa shape index (κ1) is 22.7. The second-order valence-corrected chi connectivity index (χ2v) is 5.69. The van der Waals surface area contributed by atoms with Gasteiger partial charge in [-0.3, -0.25) is 0 Å². The molecule has 1 saturated carbocycles. The first-order chi connectivity index (χ1) is 5.46. The summed E-state index contributed by atoms with van der Waals surface area (Å²) in [7, 11) is 0. The zero-order valence-corrected chi connectivity index (χ0v) is 13.4. The van der Waals surface area contributed by atoms with E-state index in [1.54, 1.807) is 0 Å². The van der Waals surface area contributed by atoms with E-state index in [0.29, 0.717) is 0 Å². The van der Waals surface area contributed by atoms with Gasteiger partial charge in [0, 0.05) is 17.1 Å². The normalized spacial score (nSPS) is 44.4. The molecule has 0 heterocycles. The minimum absolute atomic E-state index is 0. The van der Waals surface area contributed by atoms with E-state index in [1.807, 2.05) is 0 Å². The van der Waals surface area contributed by atoms with Crippen molar-refractivity contribution < 1.29 is 22.5 Å². The van der Waals surface area contributed by atoms with Crippen molar-refractivity contribution in [2.75, 3.05) is 0 Å². The third-order valence-electron chi connectivity index (χ3n) is 1.83. The first-order valence-corrected chi connectivity index (χ1v) is 5.93. The smallest absolute Gasteiger partial charge is 0.0693 e. The largest absolute Gasteiger partial charge is 0.412 e. The van der Waals surface area contributed by atoms with Gasteiger partial charge in [0.25, 0.3) is 0 Å². The van der Waals surface area contributed by atoms with Crippen LogP contribution in [-0.2, 0) is 17.1 Å². The predicted molar refractivity (Wildman–Crippen MR) is 68.7 cm³/mol. The van der Waals surface area contributed by atoms with Gasteiger partial charge in [0.15, 0.2) is 0 Å². The van der Waals surface area contributed by atoms with Gasteiger partial charge >= 0.3 is 0 Å².